The third kappa shape index (κ3) is 4.40. The summed E-state index contributed by atoms with van der Waals surface area (Å²) in [5.41, 5.74) is 2.03. The predicted octanol–water partition coefficient (Wildman–Crippen LogP) is 5.41. The third-order valence-corrected chi connectivity index (χ3v) is 5.67. The smallest absolute Gasteiger partial charge is 0.406 e. The molecule has 1 N–H and O–H groups in total. The van der Waals surface area contributed by atoms with Gasteiger partial charge in [0, 0.05) is 22.6 Å². The number of ether oxygens (including phenoxy) is 1. The summed E-state index contributed by atoms with van der Waals surface area (Å²) < 4.78 is 43.3. The molecule has 0 atom stereocenters. The van der Waals surface area contributed by atoms with E-state index in [1.165, 1.54) is 18.2 Å². The molecule has 4 rings (SSSR count). The zero-order valence-corrected chi connectivity index (χ0v) is 16.4. The van der Waals surface area contributed by atoms with Crippen LogP contribution in [0.15, 0.2) is 42.6 Å². The lowest BCUT2D eigenvalue weighted by Crippen LogP contribution is -2.26. The molecule has 0 spiro atoms. The summed E-state index contributed by atoms with van der Waals surface area (Å²) in [6.45, 7) is 0. The first-order valence-corrected chi connectivity index (χ1v) is 9.90. The van der Waals surface area contributed by atoms with Gasteiger partial charge in [-0.2, -0.15) is 0 Å². The first-order chi connectivity index (χ1) is 13.4. The van der Waals surface area contributed by atoms with Crippen molar-refractivity contribution in [1.29, 1.82) is 0 Å². The predicted molar refractivity (Wildman–Crippen MR) is 104 cm³/mol. The number of nitrogens with zero attached hydrogens (tertiary/aromatic N) is 3. The van der Waals surface area contributed by atoms with Gasteiger partial charge in [0.25, 0.3) is 0 Å². The van der Waals surface area contributed by atoms with Crippen molar-refractivity contribution in [2.75, 3.05) is 5.32 Å². The Hall–Kier alpha value is -2.29. The fourth-order valence-corrected chi connectivity index (χ4v) is 3.97. The number of halogens is 4. The van der Waals surface area contributed by atoms with Gasteiger partial charge in [-0.15, -0.1) is 23.4 Å². The number of nitrogens with one attached hydrogen (secondary N) is 1. The fourth-order valence-electron chi connectivity index (χ4n) is 3.44. The number of rotatable bonds is 4. The summed E-state index contributed by atoms with van der Waals surface area (Å²) in [6, 6.07) is 9.92. The molecule has 148 valence electrons. The van der Waals surface area contributed by atoms with E-state index in [1.54, 1.807) is 10.5 Å². The van der Waals surface area contributed by atoms with Gasteiger partial charge in [-0.25, -0.2) is 0 Å². The third-order valence-electron chi connectivity index (χ3n) is 4.76. The van der Waals surface area contributed by atoms with Gasteiger partial charge >= 0.3 is 6.36 Å². The molecule has 5 nitrogen and oxygen atoms in total. The lowest BCUT2D eigenvalue weighted by atomic mass is 9.95. The molecule has 0 radical (unpaired) electrons. The summed E-state index contributed by atoms with van der Waals surface area (Å²) >= 11 is 3.66. The molecule has 28 heavy (non-hydrogen) atoms. The van der Waals surface area contributed by atoms with E-state index >= 15 is 0 Å². The van der Waals surface area contributed by atoms with Gasteiger partial charge in [-0.1, -0.05) is 28.1 Å². The normalized spacial score (nSPS) is 20.3. The molecule has 9 heteroatoms. The molecule has 1 aliphatic rings. The Labute approximate surface area is 168 Å². The molecule has 2 aromatic heterocycles. The molecule has 1 aliphatic carbocycles. The Bertz CT molecular complexity index is 967. The Kier molecular flexibility index (Phi) is 5.18. The number of pyridine rings is 1. The maximum atomic E-state index is 12.5. The van der Waals surface area contributed by atoms with Gasteiger partial charge in [0.2, 0.25) is 0 Å². The van der Waals surface area contributed by atoms with Gasteiger partial charge in [-0.05, 0) is 49.9 Å². The molecular weight excluding hydrogens is 437 g/mol. The van der Waals surface area contributed by atoms with Gasteiger partial charge in [0.15, 0.2) is 11.5 Å². The number of fused-ring (bicyclic) bond motifs is 1. The molecule has 0 saturated heterocycles. The molecule has 1 saturated carbocycles. The van der Waals surface area contributed by atoms with Crippen LogP contribution in [0.25, 0.3) is 17.0 Å². The first kappa shape index (κ1) is 19.0. The number of hydrogen-bond acceptors (Lipinski definition) is 4. The number of hydrogen-bond donors (Lipinski definition) is 1. The summed E-state index contributed by atoms with van der Waals surface area (Å²) in [4.78, 5) is 0.587. The summed E-state index contributed by atoms with van der Waals surface area (Å²) in [6.07, 6.45) is 1.56. The highest BCUT2D eigenvalue weighted by atomic mass is 79.9. The lowest BCUT2D eigenvalue weighted by molar-refractivity contribution is -0.274. The largest absolute Gasteiger partial charge is 0.573 e. The van der Waals surface area contributed by atoms with Crippen LogP contribution in [0.5, 0.6) is 5.75 Å². The van der Waals surface area contributed by atoms with E-state index in [2.05, 4.69) is 36.2 Å². The van der Waals surface area contributed by atoms with Crippen molar-refractivity contribution in [2.45, 2.75) is 42.9 Å². The minimum atomic E-state index is -4.74. The van der Waals surface area contributed by atoms with E-state index in [1.807, 2.05) is 18.3 Å². The SMILES string of the molecule is FC(F)(F)Oc1cccc(-c2nnc3ccc(NC4CCC(Br)CC4)cn23)c1. The van der Waals surface area contributed by atoms with Gasteiger partial charge in [0.05, 0.1) is 5.69 Å². The molecule has 0 aliphatic heterocycles. The number of aromatic nitrogens is 3. The zero-order valence-electron chi connectivity index (χ0n) is 14.8. The average Bonchev–Trinajstić information content (AvgIpc) is 3.06. The van der Waals surface area contributed by atoms with Crippen molar-refractivity contribution in [1.82, 2.24) is 14.6 Å². The summed E-state index contributed by atoms with van der Waals surface area (Å²) in [5, 5.41) is 11.8. The lowest BCUT2D eigenvalue weighted by Gasteiger charge is -2.26. The van der Waals surface area contributed by atoms with Gasteiger partial charge < -0.3 is 10.1 Å². The molecule has 0 amide bonds. The molecular formula is C19H18BrF3N4O. The summed E-state index contributed by atoms with van der Waals surface area (Å²) in [7, 11) is 0. The quantitative estimate of drug-likeness (QED) is 0.535. The highest BCUT2D eigenvalue weighted by Gasteiger charge is 2.31. The van der Waals surface area contributed by atoms with Crippen LogP contribution < -0.4 is 10.1 Å². The van der Waals surface area contributed by atoms with Crippen molar-refractivity contribution < 1.29 is 17.9 Å². The molecule has 0 bridgehead atoms. The second kappa shape index (κ2) is 7.62. The maximum Gasteiger partial charge on any atom is 0.573 e. The highest BCUT2D eigenvalue weighted by molar-refractivity contribution is 9.09. The Balaban J connectivity index is 1.61. The monoisotopic (exact) mass is 454 g/mol. The van der Waals surface area contributed by atoms with Crippen LogP contribution in [0.1, 0.15) is 25.7 Å². The number of anilines is 1. The second-order valence-electron chi connectivity index (χ2n) is 6.84. The van der Waals surface area contributed by atoms with Crippen LogP contribution in [-0.4, -0.2) is 31.8 Å². The standard InChI is InChI=1S/C19H18BrF3N4O/c20-13-4-6-14(7-5-13)24-15-8-9-17-25-26-18(27(17)11-15)12-2-1-3-16(10-12)28-19(21,22)23/h1-3,8-11,13-14,24H,4-7H2. The molecule has 1 fully saturated rings. The molecule has 2 heterocycles. The zero-order chi connectivity index (χ0) is 19.7. The van der Waals surface area contributed by atoms with E-state index in [-0.39, 0.29) is 5.75 Å². The van der Waals surface area contributed by atoms with Crippen molar-refractivity contribution in [3.05, 3.63) is 42.6 Å². The van der Waals surface area contributed by atoms with Crippen LogP contribution in [0.3, 0.4) is 0 Å². The minimum absolute atomic E-state index is 0.289. The number of benzene rings is 1. The molecule has 0 unspecified atom stereocenters. The minimum Gasteiger partial charge on any atom is -0.406 e. The van der Waals surface area contributed by atoms with E-state index < -0.39 is 6.36 Å². The Morgan fingerprint density at radius 3 is 2.61 bits per heavy atom. The van der Waals surface area contributed by atoms with E-state index in [0.29, 0.717) is 27.9 Å². The van der Waals surface area contributed by atoms with Gasteiger partial charge in [-0.3, -0.25) is 4.40 Å². The van der Waals surface area contributed by atoms with Crippen molar-refractivity contribution in [3.8, 4) is 17.1 Å². The van der Waals surface area contributed by atoms with E-state index in [0.717, 1.165) is 31.4 Å². The van der Waals surface area contributed by atoms with Crippen LogP contribution in [0.4, 0.5) is 18.9 Å². The Morgan fingerprint density at radius 2 is 1.86 bits per heavy atom. The second-order valence-corrected chi connectivity index (χ2v) is 8.13. The van der Waals surface area contributed by atoms with Crippen LogP contribution in [-0.2, 0) is 0 Å². The van der Waals surface area contributed by atoms with Crippen LogP contribution in [0.2, 0.25) is 0 Å². The van der Waals surface area contributed by atoms with Crippen molar-refractivity contribution >= 4 is 27.3 Å². The van der Waals surface area contributed by atoms with Crippen LogP contribution in [0, 0.1) is 0 Å². The first-order valence-electron chi connectivity index (χ1n) is 8.99. The summed E-state index contributed by atoms with van der Waals surface area (Å²) in [5.74, 6) is 0.165. The van der Waals surface area contributed by atoms with E-state index in [9.17, 15) is 13.2 Å². The molecule has 1 aromatic carbocycles. The fraction of sp³-hybridized carbons (Fsp3) is 0.368. The number of alkyl halides is 4. The van der Waals surface area contributed by atoms with Crippen molar-refractivity contribution in [3.63, 3.8) is 0 Å². The van der Waals surface area contributed by atoms with Crippen molar-refractivity contribution in [2.24, 2.45) is 0 Å². The van der Waals surface area contributed by atoms with Crippen LogP contribution >= 0.6 is 15.9 Å². The average molecular weight is 455 g/mol. The Morgan fingerprint density at radius 1 is 1.07 bits per heavy atom. The topological polar surface area (TPSA) is 51.5 Å². The van der Waals surface area contributed by atoms with Gasteiger partial charge in [0.1, 0.15) is 5.75 Å². The molecule has 3 aromatic rings. The van der Waals surface area contributed by atoms with E-state index in [4.69, 9.17) is 0 Å². The highest BCUT2D eigenvalue weighted by Crippen LogP contribution is 2.29. The maximum absolute atomic E-state index is 12.5.